The Balaban J connectivity index is 2.36. The fourth-order valence-corrected chi connectivity index (χ4v) is 2.93. The summed E-state index contributed by atoms with van der Waals surface area (Å²) in [5, 5.41) is 0. The molecule has 7 heteroatoms. The number of benzene rings is 1. The van der Waals surface area contributed by atoms with Crippen LogP contribution in [0.25, 0.3) is 0 Å². The summed E-state index contributed by atoms with van der Waals surface area (Å²) < 4.78 is 39.2. The van der Waals surface area contributed by atoms with Gasteiger partial charge in [-0.15, -0.1) is 0 Å². The molecule has 1 aromatic carbocycles. The van der Waals surface area contributed by atoms with Crippen molar-refractivity contribution < 1.29 is 18.0 Å². The van der Waals surface area contributed by atoms with Gasteiger partial charge in [-0.1, -0.05) is 31.9 Å². The van der Waals surface area contributed by atoms with Gasteiger partial charge in [-0.3, -0.25) is 4.79 Å². The van der Waals surface area contributed by atoms with Crippen LogP contribution in [0.5, 0.6) is 0 Å². The second-order valence-corrected chi connectivity index (χ2v) is 6.54. The van der Waals surface area contributed by atoms with Crippen molar-refractivity contribution >= 4 is 37.8 Å². The first-order chi connectivity index (χ1) is 8.79. The van der Waals surface area contributed by atoms with E-state index in [1.54, 1.807) is 0 Å². The lowest BCUT2D eigenvalue weighted by Crippen LogP contribution is -2.30. The highest BCUT2D eigenvalue weighted by Crippen LogP contribution is 2.35. The van der Waals surface area contributed by atoms with Gasteiger partial charge in [0.25, 0.3) is 5.91 Å². The molecule has 1 aliphatic rings. The molecule has 0 saturated carbocycles. The quantitative estimate of drug-likeness (QED) is 0.650. The fourth-order valence-electron chi connectivity index (χ4n) is 2.01. The van der Waals surface area contributed by atoms with Crippen molar-refractivity contribution in [2.75, 3.05) is 13.1 Å². The zero-order valence-corrected chi connectivity index (χ0v) is 12.8. The molecule has 1 aromatic rings. The van der Waals surface area contributed by atoms with E-state index in [2.05, 4.69) is 31.9 Å². The van der Waals surface area contributed by atoms with Gasteiger partial charge in [0.1, 0.15) is 0 Å². The predicted octanol–water partition coefficient (Wildman–Crippen LogP) is 4.08. The van der Waals surface area contributed by atoms with Crippen molar-refractivity contribution in [1.82, 2.24) is 4.90 Å². The Bertz CT molecular complexity index is 504. The van der Waals surface area contributed by atoms with E-state index in [4.69, 9.17) is 0 Å². The first kappa shape index (κ1) is 14.8. The van der Waals surface area contributed by atoms with Gasteiger partial charge < -0.3 is 4.90 Å². The van der Waals surface area contributed by atoms with E-state index in [9.17, 15) is 18.0 Å². The van der Waals surface area contributed by atoms with E-state index in [1.807, 2.05) is 0 Å². The maximum absolute atomic E-state index is 13.0. The average Bonchev–Trinajstić information content (AvgIpc) is 2.74. The Morgan fingerprint density at radius 2 is 2.05 bits per heavy atom. The molecule has 1 fully saturated rings. The second-order valence-electron chi connectivity index (χ2n) is 4.32. The molecular formula is C12H10Br2F3NO. The van der Waals surface area contributed by atoms with Crippen LogP contribution < -0.4 is 0 Å². The lowest BCUT2D eigenvalue weighted by molar-refractivity contribution is -0.138. The van der Waals surface area contributed by atoms with Crippen molar-refractivity contribution in [3.8, 4) is 0 Å². The second kappa shape index (κ2) is 5.44. The number of nitrogens with zero attached hydrogens (tertiary/aromatic N) is 1. The van der Waals surface area contributed by atoms with Crippen LogP contribution in [0, 0.1) is 0 Å². The van der Waals surface area contributed by atoms with Crippen LogP contribution in [0.4, 0.5) is 13.2 Å². The third-order valence-corrected chi connectivity index (χ3v) is 4.18. The Labute approximate surface area is 125 Å². The molecule has 0 radical (unpaired) electrons. The first-order valence-corrected chi connectivity index (χ1v) is 7.30. The smallest absolute Gasteiger partial charge is 0.337 e. The summed E-state index contributed by atoms with van der Waals surface area (Å²) in [7, 11) is 0. The van der Waals surface area contributed by atoms with E-state index in [1.165, 1.54) is 17.0 Å². The minimum atomic E-state index is -4.54. The van der Waals surface area contributed by atoms with E-state index in [-0.39, 0.29) is 10.4 Å². The zero-order chi connectivity index (χ0) is 14.2. The molecule has 104 valence electrons. The van der Waals surface area contributed by atoms with Gasteiger partial charge in [0, 0.05) is 22.4 Å². The van der Waals surface area contributed by atoms with Crippen molar-refractivity contribution in [2.24, 2.45) is 0 Å². The summed E-state index contributed by atoms with van der Waals surface area (Å²) in [6.07, 6.45) is -3.79. The summed E-state index contributed by atoms with van der Waals surface area (Å²) in [5.74, 6) is -0.568. The van der Waals surface area contributed by atoms with Gasteiger partial charge in [-0.25, -0.2) is 0 Å². The van der Waals surface area contributed by atoms with Crippen LogP contribution in [0.3, 0.4) is 0 Å². The van der Waals surface area contributed by atoms with Gasteiger partial charge in [-0.2, -0.15) is 13.2 Å². The van der Waals surface area contributed by atoms with Gasteiger partial charge in [0.05, 0.1) is 11.1 Å². The lowest BCUT2D eigenvalue weighted by atomic mass is 10.1. The maximum atomic E-state index is 13.0. The normalized spacial score (nSPS) is 19.8. The summed E-state index contributed by atoms with van der Waals surface area (Å²) in [5.41, 5.74) is -1.19. The maximum Gasteiger partial charge on any atom is 0.417 e. The Morgan fingerprint density at radius 3 is 2.58 bits per heavy atom. The van der Waals surface area contributed by atoms with Crippen molar-refractivity contribution in [2.45, 2.75) is 17.4 Å². The summed E-state index contributed by atoms with van der Waals surface area (Å²) in [6.45, 7) is 0.911. The molecular weight excluding hydrogens is 391 g/mol. The minimum Gasteiger partial charge on any atom is -0.337 e. The Morgan fingerprint density at radius 1 is 1.37 bits per heavy atom. The molecule has 1 aliphatic heterocycles. The number of carbonyl (C=O) groups excluding carboxylic acids is 1. The van der Waals surface area contributed by atoms with Gasteiger partial charge >= 0.3 is 6.18 Å². The monoisotopic (exact) mass is 399 g/mol. The largest absolute Gasteiger partial charge is 0.417 e. The number of hydrogen-bond acceptors (Lipinski definition) is 1. The molecule has 19 heavy (non-hydrogen) atoms. The third-order valence-electron chi connectivity index (χ3n) is 2.94. The van der Waals surface area contributed by atoms with Crippen molar-refractivity contribution in [1.29, 1.82) is 0 Å². The highest BCUT2D eigenvalue weighted by molar-refractivity contribution is 9.10. The van der Waals surface area contributed by atoms with Crippen LogP contribution in [-0.4, -0.2) is 28.7 Å². The molecule has 0 aliphatic carbocycles. The molecule has 1 saturated heterocycles. The molecule has 0 bridgehead atoms. The molecule has 2 rings (SSSR count). The van der Waals surface area contributed by atoms with Crippen LogP contribution >= 0.6 is 31.9 Å². The van der Waals surface area contributed by atoms with E-state index < -0.39 is 17.6 Å². The number of alkyl halides is 4. The minimum absolute atomic E-state index is 0.154. The number of likely N-dealkylation sites (tertiary alicyclic amines) is 1. The number of rotatable bonds is 1. The topological polar surface area (TPSA) is 20.3 Å². The number of halogens is 5. The van der Waals surface area contributed by atoms with Gasteiger partial charge in [0.2, 0.25) is 0 Å². The van der Waals surface area contributed by atoms with Crippen molar-refractivity contribution in [3.05, 3.63) is 33.8 Å². The van der Waals surface area contributed by atoms with E-state index in [0.29, 0.717) is 17.6 Å². The SMILES string of the molecule is O=C(c1ccc(Br)cc1C(F)(F)F)N1CCC(Br)C1. The molecule has 0 N–H and O–H groups in total. The molecule has 0 spiro atoms. The predicted molar refractivity (Wildman–Crippen MR) is 72.4 cm³/mol. The Kier molecular flexibility index (Phi) is 4.25. The number of hydrogen-bond donors (Lipinski definition) is 0. The molecule has 1 heterocycles. The standard InChI is InChI=1S/C12H10Br2F3NO/c13-7-1-2-9(10(5-7)12(15,16)17)11(19)18-4-3-8(14)6-18/h1-2,5,8H,3-4,6H2. The number of amides is 1. The highest BCUT2D eigenvalue weighted by Gasteiger charge is 2.37. The van der Waals surface area contributed by atoms with E-state index >= 15 is 0 Å². The van der Waals surface area contributed by atoms with Crippen molar-refractivity contribution in [3.63, 3.8) is 0 Å². The fraction of sp³-hybridized carbons (Fsp3) is 0.417. The van der Waals surface area contributed by atoms with Crippen LogP contribution in [-0.2, 0) is 6.18 Å². The first-order valence-electron chi connectivity index (χ1n) is 5.59. The van der Waals surface area contributed by atoms with E-state index in [0.717, 1.165) is 12.5 Å². The van der Waals surface area contributed by atoms with Gasteiger partial charge in [0.15, 0.2) is 0 Å². The summed E-state index contributed by atoms with van der Waals surface area (Å²) in [6, 6.07) is 3.61. The summed E-state index contributed by atoms with van der Waals surface area (Å²) >= 11 is 6.36. The van der Waals surface area contributed by atoms with Gasteiger partial charge in [-0.05, 0) is 24.6 Å². The average molecular weight is 401 g/mol. The molecule has 0 aromatic heterocycles. The third kappa shape index (κ3) is 3.31. The Hall–Kier alpha value is -0.560. The molecule has 1 atom stereocenters. The van der Waals surface area contributed by atoms with Crippen LogP contribution in [0.15, 0.2) is 22.7 Å². The zero-order valence-electron chi connectivity index (χ0n) is 9.68. The molecule has 1 amide bonds. The summed E-state index contributed by atoms with van der Waals surface area (Å²) in [4.78, 5) is 13.8. The lowest BCUT2D eigenvalue weighted by Gasteiger charge is -2.19. The number of carbonyl (C=O) groups is 1. The van der Waals surface area contributed by atoms with Crippen LogP contribution in [0.1, 0.15) is 22.3 Å². The molecule has 1 unspecified atom stereocenters. The highest BCUT2D eigenvalue weighted by atomic mass is 79.9. The van der Waals surface area contributed by atoms with Crippen LogP contribution in [0.2, 0.25) is 0 Å². The molecule has 2 nitrogen and oxygen atoms in total.